The van der Waals surface area contributed by atoms with Gasteiger partial charge in [-0.15, -0.1) is 0 Å². The molecule has 6 atom stereocenters. The standard InChI is InChI=1S/C21H24N2O7/c1-9-6-10(11-3-5-14-13(7-11)21(22)23-30-14)2-4-12(9)16(25)20-19(28)18(27)17(26)15(8-24)29-20/h2-7,15-20,24-28H,8H2,1H3,(H2,22,23)/t15-,16-,17-,18+,19+,20-/m1/s1. The number of nitrogens with zero attached hydrogens (tertiary/aromatic N) is 1. The molecule has 30 heavy (non-hydrogen) atoms. The molecule has 0 amide bonds. The van der Waals surface area contributed by atoms with Gasteiger partial charge in [0.05, 0.1) is 12.0 Å². The van der Waals surface area contributed by atoms with E-state index in [1.807, 2.05) is 18.2 Å². The van der Waals surface area contributed by atoms with Gasteiger partial charge >= 0.3 is 0 Å². The lowest BCUT2D eigenvalue weighted by Gasteiger charge is -2.42. The summed E-state index contributed by atoms with van der Waals surface area (Å²) in [5, 5.41) is 54.8. The van der Waals surface area contributed by atoms with Crippen molar-refractivity contribution in [2.75, 3.05) is 12.3 Å². The Labute approximate surface area is 171 Å². The number of nitrogens with two attached hydrogens (primary N) is 1. The summed E-state index contributed by atoms with van der Waals surface area (Å²) < 4.78 is 10.6. The van der Waals surface area contributed by atoms with Crippen LogP contribution in [0, 0.1) is 6.92 Å². The zero-order valence-corrected chi connectivity index (χ0v) is 16.2. The molecule has 9 heteroatoms. The Morgan fingerprint density at radius 1 is 1.03 bits per heavy atom. The number of aliphatic hydroxyl groups excluding tert-OH is 5. The fourth-order valence-electron chi connectivity index (χ4n) is 3.89. The number of hydrogen-bond acceptors (Lipinski definition) is 9. The van der Waals surface area contributed by atoms with Gasteiger partial charge in [-0.3, -0.25) is 0 Å². The minimum atomic E-state index is -1.55. The topological polar surface area (TPSA) is 162 Å². The van der Waals surface area contributed by atoms with Crippen LogP contribution in [0.15, 0.2) is 40.9 Å². The van der Waals surface area contributed by atoms with Gasteiger partial charge in [0.2, 0.25) is 0 Å². The third-order valence-corrected chi connectivity index (χ3v) is 5.66. The summed E-state index contributed by atoms with van der Waals surface area (Å²) in [4.78, 5) is 0. The van der Waals surface area contributed by atoms with Gasteiger partial charge in [0.25, 0.3) is 0 Å². The lowest BCUT2D eigenvalue weighted by Crippen LogP contribution is -2.59. The van der Waals surface area contributed by atoms with Crippen molar-refractivity contribution in [2.24, 2.45) is 0 Å². The summed E-state index contributed by atoms with van der Waals surface area (Å²) >= 11 is 0. The Morgan fingerprint density at radius 2 is 1.73 bits per heavy atom. The van der Waals surface area contributed by atoms with Crippen LogP contribution in [-0.2, 0) is 4.74 Å². The number of nitrogen functional groups attached to an aromatic ring is 1. The summed E-state index contributed by atoms with van der Waals surface area (Å²) in [6.45, 7) is 1.25. The molecule has 3 aromatic rings. The Hall–Kier alpha value is -2.53. The van der Waals surface area contributed by atoms with Crippen molar-refractivity contribution in [1.82, 2.24) is 5.16 Å². The number of ether oxygens (including phenoxy) is 1. The van der Waals surface area contributed by atoms with E-state index in [-0.39, 0.29) is 0 Å². The van der Waals surface area contributed by atoms with Crippen molar-refractivity contribution in [3.05, 3.63) is 47.5 Å². The van der Waals surface area contributed by atoms with Gasteiger partial charge in [-0.2, -0.15) is 0 Å². The summed E-state index contributed by atoms with van der Waals surface area (Å²) in [6, 6.07) is 10.9. The van der Waals surface area contributed by atoms with Gasteiger partial charge in [0.15, 0.2) is 11.4 Å². The van der Waals surface area contributed by atoms with Crippen molar-refractivity contribution < 1.29 is 34.8 Å². The lowest BCUT2D eigenvalue weighted by atomic mass is 9.88. The first-order valence-corrected chi connectivity index (χ1v) is 9.56. The third-order valence-electron chi connectivity index (χ3n) is 5.66. The van der Waals surface area contributed by atoms with Gasteiger partial charge in [-0.25, -0.2) is 0 Å². The van der Waals surface area contributed by atoms with E-state index in [4.69, 9.17) is 15.0 Å². The molecule has 0 spiro atoms. The monoisotopic (exact) mass is 416 g/mol. The second kappa shape index (κ2) is 7.95. The molecule has 1 aliphatic rings. The number of anilines is 1. The number of aromatic nitrogens is 1. The van der Waals surface area contributed by atoms with Crippen molar-refractivity contribution in [3.63, 3.8) is 0 Å². The first-order valence-electron chi connectivity index (χ1n) is 9.56. The SMILES string of the molecule is Cc1cc(-c2ccc3onc(N)c3c2)ccc1[C@@H](O)[C@H]1O[C@H](CO)[C@@H](O)[C@H](O)[C@@H]1O. The van der Waals surface area contributed by atoms with E-state index < -0.39 is 43.2 Å². The molecule has 1 aromatic heterocycles. The summed E-state index contributed by atoms with van der Waals surface area (Å²) in [6.07, 6.45) is -8.11. The molecule has 1 fully saturated rings. The quantitative estimate of drug-likeness (QED) is 0.350. The van der Waals surface area contributed by atoms with E-state index in [1.165, 1.54) is 0 Å². The average Bonchev–Trinajstić information content (AvgIpc) is 3.12. The third kappa shape index (κ3) is 3.45. The summed E-state index contributed by atoms with van der Waals surface area (Å²) in [7, 11) is 0. The largest absolute Gasteiger partial charge is 0.394 e. The molecule has 0 bridgehead atoms. The molecule has 0 unspecified atom stereocenters. The highest BCUT2D eigenvalue weighted by atomic mass is 16.6. The molecule has 7 N–H and O–H groups in total. The number of hydrogen-bond donors (Lipinski definition) is 6. The highest BCUT2D eigenvalue weighted by Gasteiger charge is 2.46. The molecule has 1 aliphatic heterocycles. The van der Waals surface area contributed by atoms with Crippen LogP contribution in [0.1, 0.15) is 17.2 Å². The first kappa shape index (κ1) is 20.7. The highest BCUT2D eigenvalue weighted by Crippen LogP contribution is 2.34. The predicted molar refractivity (Wildman–Crippen MR) is 107 cm³/mol. The number of fused-ring (bicyclic) bond motifs is 1. The van der Waals surface area contributed by atoms with Crippen LogP contribution in [0.4, 0.5) is 5.82 Å². The second-order valence-corrected chi connectivity index (χ2v) is 7.59. The molecule has 0 aliphatic carbocycles. The maximum atomic E-state index is 10.8. The molecular weight excluding hydrogens is 392 g/mol. The van der Waals surface area contributed by atoms with E-state index in [0.717, 1.165) is 16.7 Å². The van der Waals surface area contributed by atoms with Crippen LogP contribution >= 0.6 is 0 Å². The van der Waals surface area contributed by atoms with Crippen LogP contribution in [0.25, 0.3) is 22.1 Å². The summed E-state index contributed by atoms with van der Waals surface area (Å²) in [5.41, 5.74) is 9.39. The van der Waals surface area contributed by atoms with E-state index in [2.05, 4.69) is 5.16 Å². The maximum Gasteiger partial charge on any atom is 0.174 e. The molecule has 2 aromatic carbocycles. The minimum absolute atomic E-state index is 0.304. The van der Waals surface area contributed by atoms with Gasteiger partial charge in [0.1, 0.15) is 36.6 Å². The summed E-state index contributed by atoms with van der Waals surface area (Å²) in [5.74, 6) is 0.304. The van der Waals surface area contributed by atoms with Gasteiger partial charge < -0.3 is 40.5 Å². The smallest absolute Gasteiger partial charge is 0.174 e. The van der Waals surface area contributed by atoms with Crippen LogP contribution in [0.2, 0.25) is 0 Å². The minimum Gasteiger partial charge on any atom is -0.394 e. The first-order chi connectivity index (χ1) is 14.3. The number of benzene rings is 2. The van der Waals surface area contributed by atoms with E-state index >= 15 is 0 Å². The Balaban J connectivity index is 1.63. The molecule has 4 rings (SSSR count). The van der Waals surface area contributed by atoms with Crippen molar-refractivity contribution >= 4 is 16.8 Å². The van der Waals surface area contributed by atoms with Gasteiger partial charge in [-0.05, 0) is 41.3 Å². The van der Waals surface area contributed by atoms with Crippen LogP contribution in [0.3, 0.4) is 0 Å². The van der Waals surface area contributed by atoms with E-state index in [1.54, 1.807) is 25.1 Å². The molecule has 0 saturated carbocycles. The van der Waals surface area contributed by atoms with Crippen LogP contribution in [0.5, 0.6) is 0 Å². The van der Waals surface area contributed by atoms with Crippen molar-refractivity contribution in [1.29, 1.82) is 0 Å². The molecule has 0 radical (unpaired) electrons. The molecule has 1 saturated heterocycles. The molecule has 160 valence electrons. The van der Waals surface area contributed by atoms with Gasteiger partial charge in [0, 0.05) is 0 Å². The highest BCUT2D eigenvalue weighted by molar-refractivity contribution is 5.90. The van der Waals surface area contributed by atoms with E-state index in [0.29, 0.717) is 22.4 Å². The van der Waals surface area contributed by atoms with E-state index in [9.17, 15) is 25.5 Å². The Bertz CT molecular complexity index is 1050. The maximum absolute atomic E-state index is 10.8. The number of rotatable bonds is 4. The molecule has 9 nitrogen and oxygen atoms in total. The Morgan fingerprint density at radius 3 is 2.43 bits per heavy atom. The average molecular weight is 416 g/mol. The Kier molecular flexibility index (Phi) is 5.49. The zero-order valence-electron chi connectivity index (χ0n) is 16.2. The predicted octanol–water partition coefficient (Wildman–Crippen LogP) is 0.261. The van der Waals surface area contributed by atoms with Crippen LogP contribution < -0.4 is 5.73 Å². The fraction of sp³-hybridized carbons (Fsp3) is 0.381. The molecule has 2 heterocycles. The van der Waals surface area contributed by atoms with Gasteiger partial charge in [-0.1, -0.05) is 29.4 Å². The zero-order chi connectivity index (χ0) is 21.6. The fourth-order valence-corrected chi connectivity index (χ4v) is 3.89. The molecular formula is C21H24N2O7. The lowest BCUT2D eigenvalue weighted by molar-refractivity contribution is -0.250. The van der Waals surface area contributed by atoms with Crippen molar-refractivity contribution in [2.45, 2.75) is 43.5 Å². The normalized spacial score (nSPS) is 28.0. The number of aliphatic hydroxyl groups is 5. The van der Waals surface area contributed by atoms with Crippen molar-refractivity contribution in [3.8, 4) is 11.1 Å². The number of aryl methyl sites for hydroxylation is 1. The van der Waals surface area contributed by atoms with Crippen LogP contribution in [-0.4, -0.2) is 67.8 Å². The second-order valence-electron chi connectivity index (χ2n) is 7.59.